The minimum absolute atomic E-state index is 0.0402. The molecule has 5 unspecified atom stereocenters. The van der Waals surface area contributed by atoms with Crippen LogP contribution in [0.5, 0.6) is 0 Å². The van der Waals surface area contributed by atoms with Crippen molar-refractivity contribution in [1.29, 1.82) is 0 Å². The van der Waals surface area contributed by atoms with Crippen LogP contribution in [0.25, 0.3) is 0 Å². The number of allylic oxidation sites excluding steroid dienone is 2. The molecule has 5 atom stereocenters. The zero-order valence-electron chi connectivity index (χ0n) is 14.0. The van der Waals surface area contributed by atoms with E-state index in [4.69, 9.17) is 0 Å². The second kappa shape index (κ2) is 4.79. The Labute approximate surface area is 133 Å². The van der Waals surface area contributed by atoms with Crippen LogP contribution in [0.3, 0.4) is 0 Å². The van der Waals surface area contributed by atoms with Crippen molar-refractivity contribution < 1.29 is 9.59 Å². The summed E-state index contributed by atoms with van der Waals surface area (Å²) < 4.78 is 0. The van der Waals surface area contributed by atoms with Crippen molar-refractivity contribution in [3.8, 4) is 0 Å². The van der Waals surface area contributed by atoms with Crippen molar-refractivity contribution in [2.45, 2.75) is 71.6 Å². The van der Waals surface area contributed by atoms with Gasteiger partial charge in [0, 0.05) is 18.3 Å². The summed E-state index contributed by atoms with van der Waals surface area (Å²) in [4.78, 5) is 24.4. The van der Waals surface area contributed by atoms with Crippen molar-refractivity contribution in [3.05, 3.63) is 11.6 Å². The fourth-order valence-electron chi connectivity index (χ4n) is 6.53. The first-order chi connectivity index (χ1) is 10.4. The molecule has 0 aromatic rings. The van der Waals surface area contributed by atoms with Gasteiger partial charge in [-0.2, -0.15) is 0 Å². The van der Waals surface area contributed by atoms with Crippen LogP contribution in [-0.2, 0) is 9.59 Å². The molecular weight excluding hydrogens is 272 g/mol. The zero-order chi connectivity index (χ0) is 15.5. The molecule has 0 aromatic heterocycles. The van der Waals surface area contributed by atoms with E-state index in [-0.39, 0.29) is 10.8 Å². The van der Waals surface area contributed by atoms with Gasteiger partial charge in [-0.1, -0.05) is 19.4 Å². The van der Waals surface area contributed by atoms with Crippen molar-refractivity contribution in [3.63, 3.8) is 0 Å². The lowest BCUT2D eigenvalue weighted by Gasteiger charge is -2.59. The summed E-state index contributed by atoms with van der Waals surface area (Å²) in [7, 11) is 0. The summed E-state index contributed by atoms with van der Waals surface area (Å²) in [6.07, 6.45) is 11.4. The monoisotopic (exact) mass is 300 g/mol. The van der Waals surface area contributed by atoms with Gasteiger partial charge < -0.3 is 0 Å². The molecule has 0 N–H and O–H groups in total. The number of Topliss-reactive ketones (excluding diaryl/α,β-unsaturated/α-hetero) is 1. The summed E-state index contributed by atoms with van der Waals surface area (Å²) in [5.41, 5.74) is 1.62. The maximum atomic E-state index is 12.6. The smallest absolute Gasteiger partial charge is 0.155 e. The highest BCUT2D eigenvalue weighted by Crippen LogP contribution is 2.63. The molecule has 0 amide bonds. The summed E-state index contributed by atoms with van der Waals surface area (Å²) >= 11 is 0. The largest absolute Gasteiger partial charge is 0.299 e. The number of hydrogen-bond donors (Lipinski definition) is 0. The lowest BCUT2D eigenvalue weighted by Crippen LogP contribution is -2.54. The third kappa shape index (κ3) is 1.85. The number of rotatable bonds is 0. The minimum Gasteiger partial charge on any atom is -0.299 e. The lowest BCUT2D eigenvalue weighted by molar-refractivity contribution is -0.146. The van der Waals surface area contributed by atoms with Crippen molar-refractivity contribution in [2.75, 3.05) is 0 Å². The molecule has 4 aliphatic carbocycles. The van der Waals surface area contributed by atoms with E-state index in [1.807, 2.05) is 6.08 Å². The molecule has 4 aliphatic rings. The average Bonchev–Trinajstić information content (AvgIpc) is 2.49. The number of hydrogen-bond acceptors (Lipinski definition) is 2. The van der Waals surface area contributed by atoms with Gasteiger partial charge in [-0.15, -0.1) is 0 Å². The Hall–Kier alpha value is -0.920. The SMILES string of the molecule is CC12CCC3C(CCC4=CC(=O)CCC43C)C1CCCC2=O. The fourth-order valence-corrected chi connectivity index (χ4v) is 6.53. The van der Waals surface area contributed by atoms with Crippen LogP contribution in [0, 0.1) is 28.6 Å². The van der Waals surface area contributed by atoms with Crippen LogP contribution in [0.2, 0.25) is 0 Å². The average molecular weight is 300 g/mol. The summed E-state index contributed by atoms with van der Waals surface area (Å²) in [6.45, 7) is 4.67. The van der Waals surface area contributed by atoms with E-state index in [2.05, 4.69) is 13.8 Å². The normalized spacial score (nSPS) is 48.1. The van der Waals surface area contributed by atoms with Crippen LogP contribution < -0.4 is 0 Å². The fraction of sp³-hybridized carbons (Fsp3) is 0.800. The van der Waals surface area contributed by atoms with Gasteiger partial charge in [0.15, 0.2) is 5.78 Å². The van der Waals surface area contributed by atoms with Gasteiger partial charge in [0.1, 0.15) is 5.78 Å². The molecular formula is C20H28O2. The van der Waals surface area contributed by atoms with Gasteiger partial charge >= 0.3 is 0 Å². The highest BCUT2D eigenvalue weighted by Gasteiger charge is 2.57. The Morgan fingerprint density at radius 3 is 2.50 bits per heavy atom. The molecule has 2 nitrogen and oxygen atoms in total. The summed E-state index contributed by atoms with van der Waals surface area (Å²) in [5.74, 6) is 2.87. The second-order valence-electron chi connectivity index (χ2n) is 8.74. The molecule has 120 valence electrons. The van der Waals surface area contributed by atoms with Crippen molar-refractivity contribution in [2.24, 2.45) is 28.6 Å². The predicted molar refractivity (Wildman–Crippen MR) is 86.3 cm³/mol. The first-order valence-corrected chi connectivity index (χ1v) is 9.22. The molecule has 3 fully saturated rings. The zero-order valence-corrected chi connectivity index (χ0v) is 14.0. The van der Waals surface area contributed by atoms with Gasteiger partial charge in [0.05, 0.1) is 0 Å². The Morgan fingerprint density at radius 2 is 1.68 bits per heavy atom. The molecule has 0 aromatic carbocycles. The lowest BCUT2D eigenvalue weighted by atomic mass is 9.45. The Bertz CT molecular complexity index is 560. The Morgan fingerprint density at radius 1 is 0.909 bits per heavy atom. The van der Waals surface area contributed by atoms with Gasteiger partial charge in [0.25, 0.3) is 0 Å². The Kier molecular flexibility index (Phi) is 3.19. The van der Waals surface area contributed by atoms with E-state index >= 15 is 0 Å². The number of carbonyl (C=O) groups is 2. The van der Waals surface area contributed by atoms with Crippen molar-refractivity contribution >= 4 is 11.6 Å². The first-order valence-electron chi connectivity index (χ1n) is 9.22. The molecule has 2 heteroatoms. The van der Waals surface area contributed by atoms with E-state index < -0.39 is 0 Å². The highest BCUT2D eigenvalue weighted by molar-refractivity contribution is 5.91. The van der Waals surface area contributed by atoms with E-state index in [1.54, 1.807) is 0 Å². The summed E-state index contributed by atoms with van der Waals surface area (Å²) in [5, 5.41) is 0. The summed E-state index contributed by atoms with van der Waals surface area (Å²) in [6, 6.07) is 0. The molecule has 0 heterocycles. The molecule has 4 rings (SSSR count). The number of ketones is 2. The molecule has 0 spiro atoms. The molecule has 22 heavy (non-hydrogen) atoms. The Balaban J connectivity index is 1.70. The molecule has 0 saturated heterocycles. The third-order valence-corrected chi connectivity index (χ3v) is 7.91. The van der Waals surface area contributed by atoms with Gasteiger partial charge in [-0.25, -0.2) is 0 Å². The molecule has 0 aliphatic heterocycles. The maximum Gasteiger partial charge on any atom is 0.155 e. The van der Waals surface area contributed by atoms with Crippen LogP contribution in [0.15, 0.2) is 11.6 Å². The van der Waals surface area contributed by atoms with Crippen LogP contribution >= 0.6 is 0 Å². The standard InChI is InChI=1S/C20H28O2/c1-19-10-8-14(21)12-13(19)6-7-15-16-4-3-5-18(22)20(16,2)11-9-17(15)19/h12,15-17H,3-11H2,1-2H3. The molecule has 0 bridgehead atoms. The van der Waals surface area contributed by atoms with E-state index in [1.165, 1.54) is 24.8 Å². The maximum absolute atomic E-state index is 12.6. The number of fused-ring (bicyclic) bond motifs is 5. The van der Waals surface area contributed by atoms with Crippen LogP contribution in [-0.4, -0.2) is 11.6 Å². The quantitative estimate of drug-likeness (QED) is 0.661. The van der Waals surface area contributed by atoms with Crippen LogP contribution in [0.1, 0.15) is 71.6 Å². The van der Waals surface area contributed by atoms with E-state index in [9.17, 15) is 9.59 Å². The van der Waals surface area contributed by atoms with E-state index in [0.717, 1.165) is 38.5 Å². The van der Waals surface area contributed by atoms with Gasteiger partial charge in [-0.05, 0) is 74.2 Å². The van der Waals surface area contributed by atoms with Gasteiger partial charge in [-0.3, -0.25) is 9.59 Å². The van der Waals surface area contributed by atoms with E-state index in [0.29, 0.717) is 29.3 Å². The minimum atomic E-state index is -0.0402. The topological polar surface area (TPSA) is 34.1 Å². The third-order valence-electron chi connectivity index (χ3n) is 7.91. The van der Waals surface area contributed by atoms with Gasteiger partial charge in [0.2, 0.25) is 0 Å². The first kappa shape index (κ1) is 14.7. The van der Waals surface area contributed by atoms with Crippen molar-refractivity contribution in [1.82, 2.24) is 0 Å². The molecule has 3 saturated carbocycles. The van der Waals surface area contributed by atoms with Crippen LogP contribution in [0.4, 0.5) is 0 Å². The molecule has 0 radical (unpaired) electrons. The highest BCUT2D eigenvalue weighted by atomic mass is 16.1. The second-order valence-corrected chi connectivity index (χ2v) is 8.74. The predicted octanol–water partition coefficient (Wildman–Crippen LogP) is 4.48. The number of carbonyl (C=O) groups excluding carboxylic acids is 2.